The van der Waals surface area contributed by atoms with Crippen LogP contribution in [0.3, 0.4) is 0 Å². The number of hydrogen-bond donors (Lipinski definition) is 0. The Labute approximate surface area is 110 Å². The average Bonchev–Trinajstić information content (AvgIpc) is 2.29. The lowest BCUT2D eigenvalue weighted by Gasteiger charge is -2.13. The fourth-order valence-electron chi connectivity index (χ4n) is 2.24. The van der Waals surface area contributed by atoms with E-state index in [1.807, 2.05) is 26.8 Å². The number of halogens is 3. The van der Waals surface area contributed by atoms with Crippen molar-refractivity contribution >= 4 is 0 Å². The van der Waals surface area contributed by atoms with E-state index >= 15 is 0 Å². The largest absolute Gasteiger partial charge is 0.207 e. The number of rotatable bonds is 2. The van der Waals surface area contributed by atoms with Crippen molar-refractivity contribution in [3.05, 3.63) is 58.9 Å². The molecule has 0 aliphatic carbocycles. The molecule has 100 valence electrons. The maximum absolute atomic E-state index is 13.8. The monoisotopic (exact) mass is 264 g/mol. The van der Waals surface area contributed by atoms with Gasteiger partial charge in [-0.15, -0.1) is 0 Å². The predicted molar refractivity (Wildman–Crippen MR) is 70.6 cm³/mol. The van der Waals surface area contributed by atoms with Crippen molar-refractivity contribution in [2.24, 2.45) is 0 Å². The van der Waals surface area contributed by atoms with Gasteiger partial charge in [-0.25, -0.2) is 13.2 Å². The van der Waals surface area contributed by atoms with Gasteiger partial charge < -0.3 is 0 Å². The summed E-state index contributed by atoms with van der Waals surface area (Å²) in [4.78, 5) is 0. The van der Waals surface area contributed by atoms with Gasteiger partial charge in [0.05, 0.1) is 5.56 Å². The minimum atomic E-state index is -0.907. The maximum Gasteiger partial charge on any atom is 0.136 e. The van der Waals surface area contributed by atoms with Crippen molar-refractivity contribution in [2.75, 3.05) is 0 Å². The molecule has 19 heavy (non-hydrogen) atoms. The highest BCUT2D eigenvalue weighted by Crippen LogP contribution is 2.30. The molecule has 0 aliphatic heterocycles. The lowest BCUT2D eigenvalue weighted by molar-refractivity contribution is 0.548. The molecule has 0 bridgehead atoms. The van der Waals surface area contributed by atoms with Crippen LogP contribution in [0.1, 0.15) is 30.9 Å². The fourth-order valence-corrected chi connectivity index (χ4v) is 2.24. The van der Waals surface area contributed by atoms with E-state index in [4.69, 9.17) is 0 Å². The van der Waals surface area contributed by atoms with E-state index in [2.05, 4.69) is 0 Å². The van der Waals surface area contributed by atoms with Gasteiger partial charge in [0.2, 0.25) is 0 Å². The number of benzene rings is 2. The third-order valence-corrected chi connectivity index (χ3v) is 3.20. The first-order valence-electron chi connectivity index (χ1n) is 6.15. The molecule has 0 aliphatic rings. The molecule has 0 saturated carbocycles. The van der Waals surface area contributed by atoms with Crippen molar-refractivity contribution in [3.8, 4) is 11.1 Å². The van der Waals surface area contributed by atoms with Gasteiger partial charge in [0, 0.05) is 12.1 Å². The summed E-state index contributed by atoms with van der Waals surface area (Å²) in [5, 5.41) is 0. The number of hydrogen-bond acceptors (Lipinski definition) is 0. The third kappa shape index (κ3) is 2.65. The zero-order valence-corrected chi connectivity index (χ0v) is 11.1. The highest BCUT2D eigenvalue weighted by molar-refractivity contribution is 5.66. The molecule has 2 aromatic carbocycles. The van der Waals surface area contributed by atoms with Crippen LogP contribution in [0, 0.1) is 24.4 Å². The average molecular weight is 264 g/mol. The van der Waals surface area contributed by atoms with Crippen LogP contribution in [0.5, 0.6) is 0 Å². The Morgan fingerprint density at radius 3 is 2.00 bits per heavy atom. The fraction of sp³-hybridized carbons (Fsp3) is 0.250. The van der Waals surface area contributed by atoms with Crippen molar-refractivity contribution in [3.63, 3.8) is 0 Å². The molecular weight excluding hydrogens is 249 g/mol. The van der Waals surface area contributed by atoms with Gasteiger partial charge >= 0.3 is 0 Å². The first-order valence-corrected chi connectivity index (χ1v) is 6.15. The van der Waals surface area contributed by atoms with Gasteiger partial charge in [-0.1, -0.05) is 32.0 Å². The van der Waals surface area contributed by atoms with Crippen LogP contribution < -0.4 is 0 Å². The van der Waals surface area contributed by atoms with Crippen LogP contribution in [0.15, 0.2) is 30.3 Å². The Balaban J connectivity index is 2.63. The van der Waals surface area contributed by atoms with Gasteiger partial charge in [0.1, 0.15) is 17.5 Å². The topological polar surface area (TPSA) is 0 Å². The SMILES string of the molecule is Cc1ccc(-c2c(F)cc(F)cc2F)cc1C(C)C. The van der Waals surface area contributed by atoms with Crippen LogP contribution in [0.25, 0.3) is 11.1 Å². The Hall–Kier alpha value is -1.77. The molecule has 0 saturated heterocycles. The smallest absolute Gasteiger partial charge is 0.136 e. The molecule has 2 aromatic rings. The summed E-state index contributed by atoms with van der Waals surface area (Å²) in [6, 6.07) is 6.65. The second-order valence-corrected chi connectivity index (χ2v) is 4.97. The van der Waals surface area contributed by atoms with Gasteiger partial charge in [-0.05, 0) is 29.5 Å². The first-order chi connectivity index (χ1) is 8.90. The minimum absolute atomic E-state index is 0.177. The zero-order valence-electron chi connectivity index (χ0n) is 11.1. The molecular formula is C16H15F3. The highest BCUT2D eigenvalue weighted by Gasteiger charge is 2.15. The summed E-state index contributed by atoms with van der Waals surface area (Å²) >= 11 is 0. The molecule has 0 unspecified atom stereocenters. The van der Waals surface area contributed by atoms with Gasteiger partial charge in [-0.2, -0.15) is 0 Å². The molecule has 0 spiro atoms. The quantitative estimate of drug-likeness (QED) is 0.699. The molecule has 0 fully saturated rings. The number of aryl methyl sites for hydroxylation is 1. The summed E-state index contributed by atoms with van der Waals surface area (Å²) in [6.07, 6.45) is 0. The zero-order chi connectivity index (χ0) is 14.2. The van der Waals surface area contributed by atoms with E-state index < -0.39 is 17.5 Å². The molecule has 0 heterocycles. The predicted octanol–water partition coefficient (Wildman–Crippen LogP) is 5.20. The van der Waals surface area contributed by atoms with Gasteiger partial charge in [-0.3, -0.25) is 0 Å². The van der Waals surface area contributed by atoms with Crippen LogP contribution >= 0.6 is 0 Å². The van der Waals surface area contributed by atoms with Crippen molar-refractivity contribution in [2.45, 2.75) is 26.7 Å². The lowest BCUT2D eigenvalue weighted by atomic mass is 9.93. The Bertz CT molecular complexity index is 592. The lowest BCUT2D eigenvalue weighted by Crippen LogP contribution is -1.96. The molecule has 0 N–H and O–H groups in total. The summed E-state index contributed by atoms with van der Waals surface area (Å²) in [5.74, 6) is -2.41. The van der Waals surface area contributed by atoms with Crippen molar-refractivity contribution in [1.29, 1.82) is 0 Å². The van der Waals surface area contributed by atoms with E-state index in [0.717, 1.165) is 11.1 Å². The van der Waals surface area contributed by atoms with E-state index in [1.165, 1.54) is 0 Å². The Morgan fingerprint density at radius 2 is 1.47 bits per heavy atom. The third-order valence-electron chi connectivity index (χ3n) is 3.20. The van der Waals surface area contributed by atoms with Crippen molar-refractivity contribution in [1.82, 2.24) is 0 Å². The first kappa shape index (κ1) is 13.7. The minimum Gasteiger partial charge on any atom is -0.207 e. The van der Waals surface area contributed by atoms with E-state index in [-0.39, 0.29) is 11.5 Å². The summed E-state index contributed by atoms with van der Waals surface area (Å²) in [6.45, 7) is 5.99. The maximum atomic E-state index is 13.8. The van der Waals surface area contributed by atoms with Crippen molar-refractivity contribution < 1.29 is 13.2 Å². The van der Waals surface area contributed by atoms with Gasteiger partial charge in [0.25, 0.3) is 0 Å². The molecule has 0 nitrogen and oxygen atoms in total. The summed E-state index contributed by atoms with van der Waals surface area (Å²) < 4.78 is 40.4. The second kappa shape index (κ2) is 5.08. The molecule has 2 rings (SSSR count). The van der Waals surface area contributed by atoms with Crippen LogP contribution in [-0.2, 0) is 0 Å². The standard InChI is InChI=1S/C16H15F3/c1-9(2)13-6-11(5-4-10(13)3)16-14(18)7-12(17)8-15(16)19/h4-9H,1-3H3. The molecule has 0 atom stereocenters. The van der Waals surface area contributed by atoms with E-state index in [0.29, 0.717) is 17.7 Å². The molecule has 3 heteroatoms. The van der Waals surface area contributed by atoms with Crippen LogP contribution in [-0.4, -0.2) is 0 Å². The van der Waals surface area contributed by atoms with E-state index in [9.17, 15) is 13.2 Å². The van der Waals surface area contributed by atoms with Crippen LogP contribution in [0.2, 0.25) is 0 Å². The molecule has 0 radical (unpaired) electrons. The van der Waals surface area contributed by atoms with Crippen LogP contribution in [0.4, 0.5) is 13.2 Å². The Morgan fingerprint density at radius 1 is 0.895 bits per heavy atom. The highest BCUT2D eigenvalue weighted by atomic mass is 19.1. The molecule has 0 amide bonds. The Kier molecular flexibility index (Phi) is 3.65. The second-order valence-electron chi connectivity index (χ2n) is 4.97. The molecule has 0 aromatic heterocycles. The summed E-state index contributed by atoms with van der Waals surface area (Å²) in [5.41, 5.74) is 2.36. The van der Waals surface area contributed by atoms with E-state index in [1.54, 1.807) is 12.1 Å². The normalized spacial score (nSPS) is 11.1. The van der Waals surface area contributed by atoms with Gasteiger partial charge in [0.15, 0.2) is 0 Å². The summed E-state index contributed by atoms with van der Waals surface area (Å²) in [7, 11) is 0.